The minimum atomic E-state index is -2.77. The van der Waals surface area contributed by atoms with Crippen LogP contribution in [0.15, 0.2) is 60.7 Å². The molecular weight excluding hydrogens is 478 g/mol. The van der Waals surface area contributed by atoms with Gasteiger partial charge < -0.3 is 14.5 Å². The van der Waals surface area contributed by atoms with Crippen molar-refractivity contribution >= 4 is 30.4 Å². The average Bonchev–Trinajstić information content (AvgIpc) is 3.27. The van der Waals surface area contributed by atoms with Gasteiger partial charge in [0.25, 0.3) is 8.32 Å². The molecule has 1 aliphatic heterocycles. The lowest BCUT2D eigenvalue weighted by Gasteiger charge is -2.45. The number of ketones is 1. The van der Waals surface area contributed by atoms with Crippen LogP contribution < -0.4 is 15.7 Å². The number of hydrogen-bond acceptors (Lipinski definition) is 5. The first-order chi connectivity index (χ1) is 17.7. The molecule has 4 rings (SSSR count). The Morgan fingerprint density at radius 1 is 0.946 bits per heavy atom. The number of hydrogen-bond donors (Lipinski definition) is 1. The molecule has 2 fully saturated rings. The highest BCUT2D eigenvalue weighted by Crippen LogP contribution is 2.44. The molecule has 37 heavy (non-hydrogen) atoms. The first-order valence-corrected chi connectivity index (χ1v) is 15.8. The van der Waals surface area contributed by atoms with Gasteiger partial charge in [0.15, 0.2) is 5.78 Å². The van der Waals surface area contributed by atoms with E-state index in [0.29, 0.717) is 13.0 Å². The summed E-state index contributed by atoms with van der Waals surface area (Å²) in [6, 6.07) is 21.1. The number of piperidine rings is 1. The summed E-state index contributed by atoms with van der Waals surface area (Å²) in [4.78, 5) is 26.1. The summed E-state index contributed by atoms with van der Waals surface area (Å²) in [5.41, 5.74) is -0.235. The van der Waals surface area contributed by atoms with Crippen molar-refractivity contribution in [3.63, 3.8) is 0 Å². The molecular formula is C31H43NO4Si. The Labute approximate surface area is 223 Å². The van der Waals surface area contributed by atoms with Crippen LogP contribution in [0.2, 0.25) is 5.04 Å². The molecule has 1 spiro atoms. The molecule has 6 heteroatoms. The monoisotopic (exact) mass is 521 g/mol. The fraction of sp³-hybridized carbons (Fsp3) is 0.548. The third kappa shape index (κ3) is 5.76. The highest BCUT2D eigenvalue weighted by atomic mass is 28.4. The SMILES string of the molecule is CCOC(=O)C[C@H]1CCC[C@]2(CCC[C@@H]2C(=O)CO[Si](c2ccccc2)(c2ccccc2)C(C)(C)C)N1. The Hall–Kier alpha value is -2.28. The molecule has 1 saturated carbocycles. The number of esters is 1. The van der Waals surface area contributed by atoms with E-state index in [-0.39, 0.29) is 40.9 Å². The predicted octanol–water partition coefficient (Wildman–Crippen LogP) is 4.77. The summed E-state index contributed by atoms with van der Waals surface area (Å²) >= 11 is 0. The van der Waals surface area contributed by atoms with Crippen LogP contribution in [0.3, 0.4) is 0 Å². The Bertz CT molecular complexity index is 1010. The van der Waals surface area contributed by atoms with E-state index in [1.165, 1.54) is 10.4 Å². The first kappa shape index (κ1) is 27.7. The minimum Gasteiger partial charge on any atom is -0.466 e. The summed E-state index contributed by atoms with van der Waals surface area (Å²) in [6.45, 7) is 9.07. The Morgan fingerprint density at radius 2 is 1.51 bits per heavy atom. The molecule has 1 saturated heterocycles. The minimum absolute atomic E-state index is 0.0683. The lowest BCUT2D eigenvalue weighted by Crippen LogP contribution is -2.67. The van der Waals surface area contributed by atoms with Gasteiger partial charge in [-0.1, -0.05) is 94.3 Å². The van der Waals surface area contributed by atoms with Crippen molar-refractivity contribution in [1.82, 2.24) is 5.32 Å². The summed E-state index contributed by atoms with van der Waals surface area (Å²) in [5, 5.41) is 5.98. The maximum Gasteiger partial charge on any atom is 0.307 e. The Balaban J connectivity index is 1.58. The van der Waals surface area contributed by atoms with Crippen LogP contribution in [-0.4, -0.2) is 44.9 Å². The topological polar surface area (TPSA) is 64.6 Å². The quantitative estimate of drug-likeness (QED) is 0.381. The lowest BCUT2D eigenvalue weighted by molar-refractivity contribution is -0.144. The first-order valence-electron chi connectivity index (χ1n) is 13.9. The van der Waals surface area contributed by atoms with Crippen LogP contribution in [-0.2, 0) is 18.8 Å². The molecule has 0 bridgehead atoms. The summed E-state index contributed by atoms with van der Waals surface area (Å²) < 4.78 is 12.2. The zero-order valence-electron chi connectivity index (χ0n) is 22.9. The average molecular weight is 522 g/mol. The zero-order valence-corrected chi connectivity index (χ0v) is 23.9. The summed E-state index contributed by atoms with van der Waals surface area (Å²) in [7, 11) is -2.77. The highest BCUT2D eigenvalue weighted by molar-refractivity contribution is 6.99. The molecule has 2 aromatic rings. The van der Waals surface area contributed by atoms with Crippen molar-refractivity contribution in [2.24, 2.45) is 5.92 Å². The molecule has 1 N–H and O–H groups in total. The van der Waals surface area contributed by atoms with Crippen LogP contribution >= 0.6 is 0 Å². The molecule has 3 atom stereocenters. The van der Waals surface area contributed by atoms with Gasteiger partial charge in [-0.25, -0.2) is 0 Å². The molecule has 0 radical (unpaired) electrons. The molecule has 0 aromatic heterocycles. The number of carbonyl (C=O) groups is 2. The van der Waals surface area contributed by atoms with Crippen LogP contribution in [0.5, 0.6) is 0 Å². The van der Waals surface area contributed by atoms with Crippen molar-refractivity contribution in [2.75, 3.05) is 13.2 Å². The number of ether oxygens (including phenoxy) is 1. The van der Waals surface area contributed by atoms with Crippen LogP contribution in [0, 0.1) is 5.92 Å². The second kappa shape index (κ2) is 11.6. The van der Waals surface area contributed by atoms with Crippen molar-refractivity contribution in [3.8, 4) is 0 Å². The van der Waals surface area contributed by atoms with Crippen molar-refractivity contribution in [1.29, 1.82) is 0 Å². The van der Waals surface area contributed by atoms with E-state index >= 15 is 0 Å². The third-order valence-electron chi connectivity index (χ3n) is 8.40. The van der Waals surface area contributed by atoms with E-state index in [9.17, 15) is 9.59 Å². The number of carbonyl (C=O) groups excluding carboxylic acids is 2. The molecule has 5 nitrogen and oxygen atoms in total. The van der Waals surface area contributed by atoms with Gasteiger partial charge in [-0.05, 0) is 48.0 Å². The van der Waals surface area contributed by atoms with Crippen LogP contribution in [0.4, 0.5) is 0 Å². The van der Waals surface area contributed by atoms with E-state index in [1.54, 1.807) is 0 Å². The molecule has 2 aliphatic rings. The Kier molecular flexibility index (Phi) is 8.72. The van der Waals surface area contributed by atoms with Crippen molar-refractivity contribution < 1.29 is 18.8 Å². The van der Waals surface area contributed by atoms with Gasteiger partial charge in [0.1, 0.15) is 0 Å². The Morgan fingerprint density at radius 3 is 2.05 bits per heavy atom. The van der Waals surface area contributed by atoms with Crippen LogP contribution in [0.25, 0.3) is 0 Å². The van der Waals surface area contributed by atoms with Gasteiger partial charge in [0.05, 0.1) is 19.6 Å². The molecule has 0 amide bonds. The second-order valence-electron chi connectivity index (χ2n) is 11.8. The summed E-state index contributed by atoms with van der Waals surface area (Å²) in [6.07, 6.45) is 6.19. The van der Waals surface area contributed by atoms with Gasteiger partial charge in [0.2, 0.25) is 0 Å². The number of Topliss-reactive ketones (excluding diaryl/α,β-unsaturated/α-hetero) is 1. The van der Waals surface area contributed by atoms with Crippen molar-refractivity contribution in [3.05, 3.63) is 60.7 Å². The molecule has 1 aliphatic carbocycles. The number of nitrogens with one attached hydrogen (secondary N) is 1. The van der Waals surface area contributed by atoms with E-state index in [4.69, 9.17) is 9.16 Å². The molecule has 2 aromatic carbocycles. The van der Waals surface area contributed by atoms with Gasteiger partial charge in [-0.2, -0.15) is 0 Å². The van der Waals surface area contributed by atoms with Gasteiger partial charge >= 0.3 is 5.97 Å². The maximum absolute atomic E-state index is 14.0. The highest BCUT2D eigenvalue weighted by Gasteiger charge is 2.52. The van der Waals surface area contributed by atoms with Gasteiger partial charge in [-0.3, -0.25) is 9.59 Å². The smallest absolute Gasteiger partial charge is 0.307 e. The lowest BCUT2D eigenvalue weighted by atomic mass is 9.76. The fourth-order valence-corrected chi connectivity index (χ4v) is 11.4. The standard InChI is InChI=1S/C31H43NO4Si/c1-5-35-29(34)22-24-14-12-20-31(32-24)21-13-19-27(31)28(33)23-36-37(30(2,3)4,25-15-8-6-9-16-25)26-17-10-7-11-18-26/h6-11,15-18,24,27,32H,5,12-14,19-23H2,1-4H3/t24-,27-,31-/m1/s1. The molecule has 200 valence electrons. The van der Waals surface area contributed by atoms with Gasteiger partial charge in [-0.15, -0.1) is 0 Å². The van der Waals surface area contributed by atoms with Crippen LogP contribution in [0.1, 0.15) is 72.6 Å². The van der Waals surface area contributed by atoms with E-state index in [0.717, 1.165) is 38.5 Å². The molecule has 1 heterocycles. The largest absolute Gasteiger partial charge is 0.466 e. The number of rotatable bonds is 9. The third-order valence-corrected chi connectivity index (χ3v) is 13.4. The molecule has 0 unspecified atom stereocenters. The fourth-order valence-electron chi connectivity index (χ4n) is 6.84. The second-order valence-corrected chi connectivity index (χ2v) is 16.1. The zero-order chi connectivity index (χ0) is 26.5. The summed E-state index contributed by atoms with van der Waals surface area (Å²) in [5.74, 6) is -0.0570. The predicted molar refractivity (Wildman–Crippen MR) is 151 cm³/mol. The van der Waals surface area contributed by atoms with E-state index in [2.05, 4.69) is 74.6 Å². The van der Waals surface area contributed by atoms with E-state index in [1.807, 2.05) is 19.1 Å². The maximum atomic E-state index is 14.0. The van der Waals surface area contributed by atoms with Crippen molar-refractivity contribution in [2.45, 2.75) is 89.3 Å². The van der Waals surface area contributed by atoms with E-state index < -0.39 is 8.32 Å². The van der Waals surface area contributed by atoms with Gasteiger partial charge in [0, 0.05) is 17.5 Å². The normalized spacial score (nSPS) is 24.2. The number of benzene rings is 2.